The summed E-state index contributed by atoms with van der Waals surface area (Å²) in [6, 6.07) is 21.0. The summed E-state index contributed by atoms with van der Waals surface area (Å²) in [4.78, 5) is 33.1. The number of nitrogens with one attached hydrogen (secondary N) is 1. The van der Waals surface area contributed by atoms with Gasteiger partial charge in [0.2, 0.25) is 5.91 Å². The molecule has 1 saturated heterocycles. The van der Waals surface area contributed by atoms with Crippen LogP contribution in [0.3, 0.4) is 0 Å². The summed E-state index contributed by atoms with van der Waals surface area (Å²) >= 11 is 1.48. The molecule has 1 aliphatic heterocycles. The first-order valence-electron chi connectivity index (χ1n) is 12.6. The van der Waals surface area contributed by atoms with Gasteiger partial charge in [-0.25, -0.2) is 4.98 Å². The molecule has 2 aromatic carbocycles. The molecule has 5 rings (SSSR count). The van der Waals surface area contributed by atoms with E-state index < -0.39 is 0 Å². The number of carbonyl (C=O) groups excluding carboxylic acids is 2. The summed E-state index contributed by atoms with van der Waals surface area (Å²) in [5, 5.41) is 4.16. The average molecular weight is 488 g/mol. The van der Waals surface area contributed by atoms with Gasteiger partial charge in [-0.3, -0.25) is 9.59 Å². The van der Waals surface area contributed by atoms with Crippen molar-refractivity contribution >= 4 is 23.2 Å². The van der Waals surface area contributed by atoms with Crippen LogP contribution in [0.25, 0.3) is 0 Å². The Morgan fingerprint density at radius 1 is 1.03 bits per heavy atom. The van der Waals surface area contributed by atoms with Crippen molar-refractivity contribution < 1.29 is 9.59 Å². The first kappa shape index (κ1) is 23.7. The second-order valence-electron chi connectivity index (χ2n) is 10.0. The molecule has 1 aromatic heterocycles. The molecule has 6 heteroatoms. The van der Waals surface area contributed by atoms with E-state index in [1.165, 1.54) is 22.5 Å². The molecule has 1 aliphatic carbocycles. The molecule has 3 aromatic rings. The highest BCUT2D eigenvalue weighted by Crippen LogP contribution is 2.59. The van der Waals surface area contributed by atoms with Crippen LogP contribution in [0.15, 0.2) is 60.7 Å². The molecule has 35 heavy (non-hydrogen) atoms. The van der Waals surface area contributed by atoms with Crippen molar-refractivity contribution in [3.8, 4) is 0 Å². The fraction of sp³-hybridized carbons (Fsp3) is 0.414. The third-order valence-corrected chi connectivity index (χ3v) is 8.85. The number of aryl methyl sites for hydroxylation is 2. The van der Waals surface area contributed by atoms with Crippen LogP contribution >= 0.6 is 11.3 Å². The molecule has 1 atom stereocenters. The van der Waals surface area contributed by atoms with Gasteiger partial charge in [0.25, 0.3) is 5.91 Å². The van der Waals surface area contributed by atoms with E-state index in [0.717, 1.165) is 54.4 Å². The summed E-state index contributed by atoms with van der Waals surface area (Å²) < 4.78 is 0. The Labute approximate surface area is 211 Å². The SMILES string of the molecule is Cc1nc(C)c(C(=O)N2CCC3(CC2)C[C@@H]3C(=O)NCCC(c2ccccc2)c2ccccc2)s1. The summed E-state index contributed by atoms with van der Waals surface area (Å²) in [6.07, 6.45) is 3.63. The van der Waals surface area contributed by atoms with Crippen molar-refractivity contribution in [3.63, 3.8) is 0 Å². The Hall–Kier alpha value is -2.99. The largest absolute Gasteiger partial charge is 0.356 e. The minimum Gasteiger partial charge on any atom is -0.356 e. The maximum absolute atomic E-state index is 13.0. The zero-order valence-electron chi connectivity index (χ0n) is 20.5. The predicted octanol–water partition coefficient (Wildman–Crippen LogP) is 5.34. The number of likely N-dealkylation sites (tertiary alicyclic amines) is 1. The first-order valence-corrected chi connectivity index (χ1v) is 13.4. The number of thiazole rings is 1. The Bertz CT molecular complexity index is 1140. The molecule has 1 saturated carbocycles. The lowest BCUT2D eigenvalue weighted by Gasteiger charge is -2.32. The van der Waals surface area contributed by atoms with Gasteiger partial charge >= 0.3 is 0 Å². The minimum absolute atomic E-state index is 0.0811. The van der Waals surface area contributed by atoms with Crippen LogP contribution in [0, 0.1) is 25.2 Å². The van der Waals surface area contributed by atoms with Gasteiger partial charge in [-0.15, -0.1) is 11.3 Å². The molecule has 2 heterocycles. The number of hydrogen-bond acceptors (Lipinski definition) is 4. The Morgan fingerprint density at radius 3 is 2.17 bits per heavy atom. The lowest BCUT2D eigenvalue weighted by molar-refractivity contribution is -0.123. The number of amides is 2. The number of carbonyl (C=O) groups is 2. The standard InChI is InChI=1S/C29H33N3O2S/c1-20-26(35-21(2)31-20)28(34)32-17-14-29(15-18-32)19-25(29)27(33)30-16-13-24(22-9-5-3-6-10-22)23-11-7-4-8-12-23/h3-12,24-25H,13-19H2,1-2H3,(H,30,33)/t25-/m1/s1. The van der Waals surface area contributed by atoms with E-state index in [2.05, 4.69) is 58.8 Å². The van der Waals surface area contributed by atoms with E-state index in [0.29, 0.717) is 6.54 Å². The van der Waals surface area contributed by atoms with Crippen molar-refractivity contribution in [1.29, 1.82) is 0 Å². The van der Waals surface area contributed by atoms with Crippen LogP contribution < -0.4 is 5.32 Å². The molecule has 0 radical (unpaired) electrons. The van der Waals surface area contributed by atoms with Gasteiger partial charge in [-0.1, -0.05) is 60.7 Å². The Kier molecular flexibility index (Phi) is 6.74. The number of piperidine rings is 1. The third kappa shape index (κ3) is 5.03. The van der Waals surface area contributed by atoms with E-state index in [-0.39, 0.29) is 29.1 Å². The zero-order chi connectivity index (χ0) is 24.4. The van der Waals surface area contributed by atoms with E-state index >= 15 is 0 Å². The maximum Gasteiger partial charge on any atom is 0.265 e. The molecule has 0 bridgehead atoms. The van der Waals surface area contributed by atoms with Gasteiger partial charge in [0, 0.05) is 31.5 Å². The van der Waals surface area contributed by atoms with E-state index in [1.807, 2.05) is 30.9 Å². The molecule has 182 valence electrons. The lowest BCUT2D eigenvalue weighted by atomic mass is 9.88. The maximum atomic E-state index is 13.0. The van der Waals surface area contributed by atoms with Crippen LogP contribution in [-0.2, 0) is 4.79 Å². The summed E-state index contributed by atoms with van der Waals surface area (Å²) in [5.74, 6) is 0.619. The summed E-state index contributed by atoms with van der Waals surface area (Å²) in [7, 11) is 0. The molecule has 2 aliphatic rings. The quantitative estimate of drug-likeness (QED) is 0.489. The van der Waals surface area contributed by atoms with Crippen molar-refractivity contribution in [1.82, 2.24) is 15.2 Å². The van der Waals surface area contributed by atoms with Crippen LogP contribution in [0.4, 0.5) is 0 Å². The van der Waals surface area contributed by atoms with Crippen LogP contribution in [0.2, 0.25) is 0 Å². The van der Waals surface area contributed by atoms with Gasteiger partial charge < -0.3 is 10.2 Å². The highest BCUT2D eigenvalue weighted by atomic mass is 32.1. The predicted molar refractivity (Wildman–Crippen MR) is 140 cm³/mol. The summed E-state index contributed by atoms with van der Waals surface area (Å²) in [6.45, 7) is 5.96. The van der Waals surface area contributed by atoms with Gasteiger partial charge in [-0.05, 0) is 56.1 Å². The van der Waals surface area contributed by atoms with Gasteiger partial charge in [0.15, 0.2) is 0 Å². The molecule has 2 fully saturated rings. The van der Waals surface area contributed by atoms with Gasteiger partial charge in [0.1, 0.15) is 4.88 Å². The Balaban J connectivity index is 1.14. The fourth-order valence-corrected chi connectivity index (χ4v) is 6.55. The zero-order valence-corrected chi connectivity index (χ0v) is 21.3. The average Bonchev–Trinajstić information content (AvgIpc) is 3.47. The molecular formula is C29H33N3O2S. The first-order chi connectivity index (χ1) is 17.0. The topological polar surface area (TPSA) is 62.3 Å². The van der Waals surface area contributed by atoms with Crippen molar-refractivity contribution in [2.75, 3.05) is 19.6 Å². The Morgan fingerprint density at radius 2 is 1.63 bits per heavy atom. The number of benzene rings is 2. The van der Waals surface area contributed by atoms with Crippen LogP contribution in [0.5, 0.6) is 0 Å². The highest BCUT2D eigenvalue weighted by molar-refractivity contribution is 7.13. The number of rotatable bonds is 7. The minimum atomic E-state index is 0.0811. The van der Waals surface area contributed by atoms with Gasteiger partial charge in [-0.2, -0.15) is 0 Å². The molecule has 2 amide bonds. The molecule has 1 N–H and O–H groups in total. The molecule has 0 unspecified atom stereocenters. The number of hydrogen-bond donors (Lipinski definition) is 1. The third-order valence-electron chi connectivity index (χ3n) is 7.79. The van der Waals surface area contributed by atoms with Crippen molar-refractivity contribution in [3.05, 3.63) is 87.4 Å². The van der Waals surface area contributed by atoms with E-state index in [9.17, 15) is 9.59 Å². The van der Waals surface area contributed by atoms with Crippen LogP contribution in [-0.4, -0.2) is 41.3 Å². The summed E-state index contributed by atoms with van der Waals surface area (Å²) in [5.41, 5.74) is 3.46. The molecule has 5 nitrogen and oxygen atoms in total. The monoisotopic (exact) mass is 487 g/mol. The number of nitrogens with zero attached hydrogens (tertiary/aromatic N) is 2. The van der Waals surface area contributed by atoms with E-state index in [4.69, 9.17) is 0 Å². The van der Waals surface area contributed by atoms with Crippen LogP contribution in [0.1, 0.15) is 63.1 Å². The molecule has 1 spiro atoms. The normalized spacial score (nSPS) is 18.6. The lowest BCUT2D eigenvalue weighted by Crippen LogP contribution is -2.40. The molecular weight excluding hydrogens is 454 g/mol. The smallest absolute Gasteiger partial charge is 0.265 e. The van der Waals surface area contributed by atoms with E-state index in [1.54, 1.807) is 0 Å². The van der Waals surface area contributed by atoms with Gasteiger partial charge in [0.05, 0.1) is 10.7 Å². The second-order valence-corrected chi connectivity index (χ2v) is 11.2. The fourth-order valence-electron chi connectivity index (χ4n) is 5.66. The van der Waals surface area contributed by atoms with Crippen molar-refractivity contribution in [2.45, 2.75) is 45.4 Å². The number of aromatic nitrogens is 1. The second kappa shape index (κ2) is 9.94. The highest BCUT2D eigenvalue weighted by Gasteiger charge is 2.58. The van der Waals surface area contributed by atoms with Crippen molar-refractivity contribution in [2.24, 2.45) is 11.3 Å².